The normalized spacial score (nSPS) is 23.2. The van der Waals surface area contributed by atoms with Gasteiger partial charge < -0.3 is 14.4 Å². The number of ether oxygens (including phenoxy) is 2. The van der Waals surface area contributed by atoms with Crippen LogP contribution in [0.15, 0.2) is 18.2 Å². The largest absolute Gasteiger partial charge is 0.492 e. The second-order valence-corrected chi connectivity index (χ2v) is 9.47. The van der Waals surface area contributed by atoms with E-state index in [1.807, 2.05) is 0 Å². The third kappa shape index (κ3) is 4.73. The van der Waals surface area contributed by atoms with E-state index in [2.05, 4.69) is 0 Å². The van der Waals surface area contributed by atoms with Gasteiger partial charge in [-0.15, -0.1) is 0 Å². The standard InChI is InChI=1S/C18H22ClNO6S/c1-2-20(15-5-6-27(23,24)11-15)17(21)10-26-18(22)13-7-12-8-14(19)3-4-16(12)25-9-13/h3-4,8,13,15H,2,5-7,9-11H2,1H3/t13-,15+/m1/s1. The molecule has 2 atom stereocenters. The highest BCUT2D eigenvalue weighted by Gasteiger charge is 2.34. The van der Waals surface area contributed by atoms with E-state index in [-0.39, 0.29) is 30.1 Å². The van der Waals surface area contributed by atoms with Crippen molar-refractivity contribution >= 4 is 33.3 Å². The summed E-state index contributed by atoms with van der Waals surface area (Å²) in [6, 6.07) is 4.89. The van der Waals surface area contributed by atoms with Crippen LogP contribution in [0.3, 0.4) is 0 Å². The molecule has 0 aromatic heterocycles. The third-order valence-corrected chi connectivity index (χ3v) is 6.90. The van der Waals surface area contributed by atoms with E-state index < -0.39 is 28.3 Å². The molecule has 0 unspecified atom stereocenters. The summed E-state index contributed by atoms with van der Waals surface area (Å²) in [5.41, 5.74) is 0.827. The molecule has 1 fully saturated rings. The number of carbonyl (C=O) groups excluding carboxylic acids is 2. The molecule has 148 valence electrons. The molecule has 0 N–H and O–H groups in total. The lowest BCUT2D eigenvalue weighted by molar-refractivity contribution is -0.157. The van der Waals surface area contributed by atoms with Crippen LogP contribution in [-0.2, 0) is 30.6 Å². The average Bonchev–Trinajstić information content (AvgIpc) is 2.99. The Bertz CT molecular complexity index is 840. The van der Waals surface area contributed by atoms with Gasteiger partial charge in [-0.2, -0.15) is 0 Å². The van der Waals surface area contributed by atoms with E-state index in [1.54, 1.807) is 25.1 Å². The summed E-state index contributed by atoms with van der Waals surface area (Å²) in [7, 11) is -3.09. The quantitative estimate of drug-likeness (QED) is 0.676. The molecule has 27 heavy (non-hydrogen) atoms. The molecule has 2 aliphatic heterocycles. The SMILES string of the molecule is CCN(C(=O)COC(=O)[C@H]1COc2ccc(Cl)cc2C1)[C@H]1CCS(=O)(=O)C1. The van der Waals surface area contributed by atoms with Crippen LogP contribution in [0.4, 0.5) is 0 Å². The van der Waals surface area contributed by atoms with E-state index in [1.165, 1.54) is 4.90 Å². The number of rotatable bonds is 5. The van der Waals surface area contributed by atoms with Crippen molar-refractivity contribution in [2.24, 2.45) is 5.92 Å². The van der Waals surface area contributed by atoms with Crippen molar-refractivity contribution in [3.63, 3.8) is 0 Å². The first kappa shape index (κ1) is 19.9. The average molecular weight is 416 g/mol. The molecule has 1 amide bonds. The Hall–Kier alpha value is -1.80. The number of benzene rings is 1. The highest BCUT2D eigenvalue weighted by molar-refractivity contribution is 7.91. The maximum atomic E-state index is 12.4. The predicted molar refractivity (Wildman–Crippen MR) is 99.5 cm³/mol. The van der Waals surface area contributed by atoms with Crippen LogP contribution >= 0.6 is 11.6 Å². The molecule has 9 heteroatoms. The second-order valence-electron chi connectivity index (χ2n) is 6.81. The fraction of sp³-hybridized carbons (Fsp3) is 0.556. The summed E-state index contributed by atoms with van der Waals surface area (Å²) in [5, 5.41) is 0.562. The lowest BCUT2D eigenvalue weighted by atomic mass is 9.97. The Morgan fingerprint density at radius 2 is 2.15 bits per heavy atom. The van der Waals surface area contributed by atoms with Crippen LogP contribution in [0.2, 0.25) is 5.02 Å². The van der Waals surface area contributed by atoms with Gasteiger partial charge in [0, 0.05) is 17.6 Å². The molecule has 7 nitrogen and oxygen atoms in total. The lowest BCUT2D eigenvalue weighted by Gasteiger charge is -2.27. The molecule has 0 spiro atoms. The lowest BCUT2D eigenvalue weighted by Crippen LogP contribution is -2.43. The van der Waals surface area contributed by atoms with Crippen LogP contribution < -0.4 is 4.74 Å². The molecule has 0 bridgehead atoms. The van der Waals surface area contributed by atoms with Gasteiger partial charge in [-0.1, -0.05) is 11.6 Å². The third-order valence-electron chi connectivity index (χ3n) is 4.91. The van der Waals surface area contributed by atoms with Crippen molar-refractivity contribution in [1.29, 1.82) is 0 Å². The minimum absolute atomic E-state index is 0.0332. The Kier molecular flexibility index (Phi) is 5.95. The smallest absolute Gasteiger partial charge is 0.313 e. The summed E-state index contributed by atoms with van der Waals surface area (Å²) in [6.07, 6.45) is 0.852. The number of hydrogen-bond donors (Lipinski definition) is 0. The second kappa shape index (κ2) is 8.06. The monoisotopic (exact) mass is 415 g/mol. The first-order valence-corrected chi connectivity index (χ1v) is 11.1. The van der Waals surface area contributed by atoms with Gasteiger partial charge in [-0.3, -0.25) is 9.59 Å². The fourth-order valence-corrected chi connectivity index (χ4v) is 5.43. The van der Waals surface area contributed by atoms with Crippen LogP contribution in [0.5, 0.6) is 5.75 Å². The van der Waals surface area contributed by atoms with Crippen molar-refractivity contribution in [3.8, 4) is 5.75 Å². The van der Waals surface area contributed by atoms with Gasteiger partial charge in [0.25, 0.3) is 5.91 Å². The molecule has 0 radical (unpaired) electrons. The maximum Gasteiger partial charge on any atom is 0.313 e. The zero-order valence-electron chi connectivity index (χ0n) is 15.0. The molecule has 1 aromatic rings. The summed E-state index contributed by atoms with van der Waals surface area (Å²) in [4.78, 5) is 26.2. The van der Waals surface area contributed by atoms with Crippen LogP contribution in [0.1, 0.15) is 18.9 Å². The predicted octanol–water partition coefficient (Wildman–Crippen LogP) is 1.47. The minimum Gasteiger partial charge on any atom is -0.492 e. The van der Waals surface area contributed by atoms with Gasteiger partial charge in [-0.05, 0) is 43.5 Å². The molecular formula is C18H22ClNO6S. The van der Waals surface area contributed by atoms with Crippen LogP contribution in [0, 0.1) is 5.92 Å². The van der Waals surface area contributed by atoms with Gasteiger partial charge in [0.05, 0.1) is 17.4 Å². The van der Waals surface area contributed by atoms with Gasteiger partial charge in [-0.25, -0.2) is 8.42 Å². The number of hydrogen-bond acceptors (Lipinski definition) is 6. The van der Waals surface area contributed by atoms with E-state index in [0.29, 0.717) is 30.2 Å². The molecule has 2 heterocycles. The number of likely N-dealkylation sites (N-methyl/N-ethyl adjacent to an activating group) is 1. The van der Waals surface area contributed by atoms with E-state index >= 15 is 0 Å². The topological polar surface area (TPSA) is 90.0 Å². The number of halogens is 1. The summed E-state index contributed by atoms with van der Waals surface area (Å²) >= 11 is 5.98. The van der Waals surface area contributed by atoms with Gasteiger partial charge >= 0.3 is 5.97 Å². The Balaban J connectivity index is 1.55. The van der Waals surface area contributed by atoms with Gasteiger partial charge in [0.1, 0.15) is 12.4 Å². The number of amides is 1. The van der Waals surface area contributed by atoms with Gasteiger partial charge in [0.2, 0.25) is 0 Å². The number of esters is 1. The summed E-state index contributed by atoms with van der Waals surface area (Å²) in [5.74, 6) is -0.654. The maximum absolute atomic E-state index is 12.4. The first-order chi connectivity index (χ1) is 12.8. The Labute approximate surface area is 163 Å². The van der Waals surface area contributed by atoms with Crippen molar-refractivity contribution in [1.82, 2.24) is 4.90 Å². The zero-order valence-corrected chi connectivity index (χ0v) is 16.6. The highest BCUT2D eigenvalue weighted by atomic mass is 35.5. The van der Waals surface area contributed by atoms with Crippen LogP contribution in [0.25, 0.3) is 0 Å². The van der Waals surface area contributed by atoms with Crippen LogP contribution in [-0.4, -0.2) is 62.5 Å². The highest BCUT2D eigenvalue weighted by Crippen LogP contribution is 2.30. The molecule has 2 aliphatic rings. The molecule has 1 saturated heterocycles. The minimum atomic E-state index is -3.09. The number of carbonyl (C=O) groups is 2. The van der Waals surface area contributed by atoms with Gasteiger partial charge in [0.15, 0.2) is 16.4 Å². The zero-order chi connectivity index (χ0) is 19.6. The molecule has 0 saturated carbocycles. The molecular weight excluding hydrogens is 394 g/mol. The van der Waals surface area contributed by atoms with E-state index in [0.717, 1.165) is 5.56 Å². The molecule has 0 aliphatic carbocycles. The van der Waals surface area contributed by atoms with Crippen molar-refractivity contribution in [2.75, 3.05) is 31.3 Å². The van der Waals surface area contributed by atoms with Crippen molar-refractivity contribution in [3.05, 3.63) is 28.8 Å². The Morgan fingerprint density at radius 1 is 1.37 bits per heavy atom. The molecule has 1 aromatic carbocycles. The summed E-state index contributed by atoms with van der Waals surface area (Å²) < 4.78 is 34.0. The van der Waals surface area contributed by atoms with E-state index in [4.69, 9.17) is 21.1 Å². The number of fused-ring (bicyclic) bond motifs is 1. The van der Waals surface area contributed by atoms with Crippen molar-refractivity contribution in [2.45, 2.75) is 25.8 Å². The fourth-order valence-electron chi connectivity index (χ4n) is 3.51. The van der Waals surface area contributed by atoms with Crippen molar-refractivity contribution < 1.29 is 27.5 Å². The first-order valence-electron chi connectivity index (χ1n) is 8.87. The Morgan fingerprint density at radius 3 is 2.81 bits per heavy atom. The van der Waals surface area contributed by atoms with E-state index in [9.17, 15) is 18.0 Å². The summed E-state index contributed by atoms with van der Waals surface area (Å²) in [6.45, 7) is 1.93. The molecule has 3 rings (SSSR count). The number of nitrogens with zero attached hydrogens (tertiary/aromatic N) is 1. The number of sulfone groups is 1.